The monoisotopic (exact) mass is 266 g/mol. The Hall–Kier alpha value is -1.38. The van der Waals surface area contributed by atoms with Gasteiger partial charge in [-0.3, -0.25) is 0 Å². The van der Waals surface area contributed by atoms with Crippen molar-refractivity contribution in [1.29, 1.82) is 5.26 Å². The van der Waals surface area contributed by atoms with Gasteiger partial charge in [0.15, 0.2) is 0 Å². The number of aryl methyl sites for hydroxylation is 2. The Bertz CT molecular complexity index is 584. The SMILES string of the molecule is CCc1cc(S(=O)(=O)N(C)C)c(CC)cc1C#N. The van der Waals surface area contributed by atoms with Gasteiger partial charge in [0, 0.05) is 14.1 Å². The fourth-order valence-electron chi connectivity index (χ4n) is 1.78. The van der Waals surface area contributed by atoms with Crippen LogP contribution < -0.4 is 0 Å². The van der Waals surface area contributed by atoms with Gasteiger partial charge in [0.05, 0.1) is 16.5 Å². The van der Waals surface area contributed by atoms with E-state index in [9.17, 15) is 8.42 Å². The van der Waals surface area contributed by atoms with Crippen LogP contribution in [0.4, 0.5) is 0 Å². The van der Waals surface area contributed by atoms with Crippen LogP contribution >= 0.6 is 0 Å². The quantitative estimate of drug-likeness (QED) is 0.836. The Morgan fingerprint density at radius 3 is 2.11 bits per heavy atom. The molecule has 0 spiro atoms. The molecule has 0 unspecified atom stereocenters. The third-order valence-electron chi connectivity index (χ3n) is 2.93. The van der Waals surface area contributed by atoms with Crippen molar-refractivity contribution in [3.63, 3.8) is 0 Å². The van der Waals surface area contributed by atoms with Gasteiger partial charge >= 0.3 is 0 Å². The zero-order valence-corrected chi connectivity index (χ0v) is 12.0. The van der Waals surface area contributed by atoms with Gasteiger partial charge in [-0.15, -0.1) is 0 Å². The van der Waals surface area contributed by atoms with Crippen molar-refractivity contribution in [2.75, 3.05) is 14.1 Å². The molecule has 0 bridgehead atoms. The fourth-order valence-corrected chi connectivity index (χ4v) is 3.00. The van der Waals surface area contributed by atoms with Gasteiger partial charge in [0.25, 0.3) is 0 Å². The van der Waals surface area contributed by atoms with Crippen molar-refractivity contribution in [2.24, 2.45) is 0 Å². The van der Waals surface area contributed by atoms with Gasteiger partial charge in [-0.1, -0.05) is 13.8 Å². The number of benzene rings is 1. The predicted molar refractivity (Wildman–Crippen MR) is 70.8 cm³/mol. The molecule has 4 nitrogen and oxygen atoms in total. The number of nitriles is 1. The Morgan fingerprint density at radius 2 is 1.72 bits per heavy atom. The van der Waals surface area contributed by atoms with Gasteiger partial charge in [-0.2, -0.15) is 5.26 Å². The molecule has 0 saturated heterocycles. The van der Waals surface area contributed by atoms with E-state index in [2.05, 4.69) is 6.07 Å². The van der Waals surface area contributed by atoms with Crippen LogP contribution in [0.2, 0.25) is 0 Å². The van der Waals surface area contributed by atoms with Gasteiger partial charge < -0.3 is 0 Å². The zero-order chi connectivity index (χ0) is 13.9. The summed E-state index contributed by atoms with van der Waals surface area (Å²) in [5.74, 6) is 0. The van der Waals surface area contributed by atoms with Gasteiger partial charge in [0.1, 0.15) is 0 Å². The second-order valence-electron chi connectivity index (χ2n) is 4.22. The molecule has 0 fully saturated rings. The van der Waals surface area contributed by atoms with Gasteiger partial charge in [-0.05, 0) is 36.1 Å². The molecule has 1 aromatic carbocycles. The zero-order valence-electron chi connectivity index (χ0n) is 11.2. The maximum atomic E-state index is 12.2. The summed E-state index contributed by atoms with van der Waals surface area (Å²) in [6, 6.07) is 5.44. The highest BCUT2D eigenvalue weighted by molar-refractivity contribution is 7.89. The van der Waals surface area contributed by atoms with E-state index in [0.717, 1.165) is 5.56 Å². The summed E-state index contributed by atoms with van der Waals surface area (Å²) in [4.78, 5) is 0.311. The van der Waals surface area contributed by atoms with E-state index in [1.807, 2.05) is 13.8 Å². The minimum absolute atomic E-state index is 0.311. The highest BCUT2D eigenvalue weighted by atomic mass is 32.2. The first kappa shape index (κ1) is 14.7. The largest absolute Gasteiger partial charge is 0.242 e. The summed E-state index contributed by atoms with van der Waals surface area (Å²) in [7, 11) is -0.428. The Kier molecular flexibility index (Phi) is 4.49. The standard InChI is InChI=1S/C13H18N2O2S/c1-5-10-8-13(18(16,17)15(3)4)11(6-2)7-12(10)9-14/h7-8H,5-6H2,1-4H3. The number of sulfonamides is 1. The van der Waals surface area contributed by atoms with Crippen molar-refractivity contribution in [3.8, 4) is 6.07 Å². The first-order valence-electron chi connectivity index (χ1n) is 5.86. The van der Waals surface area contributed by atoms with E-state index in [-0.39, 0.29) is 0 Å². The van der Waals surface area contributed by atoms with E-state index in [1.165, 1.54) is 18.4 Å². The molecule has 18 heavy (non-hydrogen) atoms. The average molecular weight is 266 g/mol. The summed E-state index contributed by atoms with van der Waals surface area (Å²) in [6.07, 6.45) is 1.23. The molecule has 0 aliphatic rings. The first-order chi connectivity index (χ1) is 8.38. The Labute approximate surface area is 109 Å². The number of hydrogen-bond donors (Lipinski definition) is 0. The van der Waals surface area contributed by atoms with Crippen molar-refractivity contribution >= 4 is 10.0 Å². The molecule has 5 heteroatoms. The highest BCUT2D eigenvalue weighted by Gasteiger charge is 2.22. The van der Waals surface area contributed by atoms with E-state index < -0.39 is 10.0 Å². The number of nitrogens with zero attached hydrogens (tertiary/aromatic N) is 2. The lowest BCUT2D eigenvalue weighted by Crippen LogP contribution is -2.23. The lowest BCUT2D eigenvalue weighted by molar-refractivity contribution is 0.519. The van der Waals surface area contributed by atoms with Crippen molar-refractivity contribution in [2.45, 2.75) is 31.6 Å². The predicted octanol–water partition coefficient (Wildman–Crippen LogP) is 1.93. The van der Waals surface area contributed by atoms with Crippen LogP contribution in [0.15, 0.2) is 17.0 Å². The molecule has 0 aliphatic carbocycles. The van der Waals surface area contributed by atoms with E-state index >= 15 is 0 Å². The third-order valence-corrected chi connectivity index (χ3v) is 4.82. The van der Waals surface area contributed by atoms with Crippen LogP contribution in [0, 0.1) is 11.3 Å². The molecule has 0 heterocycles. The summed E-state index contributed by atoms with van der Waals surface area (Å²) in [6.45, 7) is 3.80. The fraction of sp³-hybridized carbons (Fsp3) is 0.462. The molecule has 0 aliphatic heterocycles. The Morgan fingerprint density at radius 1 is 1.17 bits per heavy atom. The molecular formula is C13H18N2O2S. The minimum atomic E-state index is -3.45. The van der Waals surface area contributed by atoms with E-state index in [1.54, 1.807) is 12.1 Å². The molecule has 0 N–H and O–H groups in total. The summed E-state index contributed by atoms with van der Waals surface area (Å²) in [5.41, 5.74) is 2.03. The molecule has 1 rings (SSSR count). The lowest BCUT2D eigenvalue weighted by Gasteiger charge is -2.16. The Balaban J connectivity index is 3.60. The molecule has 98 valence electrons. The van der Waals surface area contributed by atoms with Crippen LogP contribution in [0.3, 0.4) is 0 Å². The van der Waals surface area contributed by atoms with Crippen LogP contribution in [0.1, 0.15) is 30.5 Å². The number of rotatable bonds is 4. The second kappa shape index (κ2) is 5.51. The molecule has 0 radical (unpaired) electrons. The summed E-state index contributed by atoms with van der Waals surface area (Å²) < 4.78 is 25.6. The average Bonchev–Trinajstić information content (AvgIpc) is 2.36. The first-order valence-corrected chi connectivity index (χ1v) is 7.30. The maximum absolute atomic E-state index is 12.2. The molecule has 1 aromatic rings. The molecular weight excluding hydrogens is 248 g/mol. The van der Waals surface area contributed by atoms with Crippen LogP contribution in [0.25, 0.3) is 0 Å². The van der Waals surface area contributed by atoms with Crippen molar-refractivity contribution in [3.05, 3.63) is 28.8 Å². The second-order valence-corrected chi connectivity index (χ2v) is 6.34. The van der Waals surface area contributed by atoms with Crippen LogP contribution in [-0.2, 0) is 22.9 Å². The third kappa shape index (κ3) is 2.55. The molecule has 0 aromatic heterocycles. The van der Waals surface area contributed by atoms with Gasteiger partial charge in [0.2, 0.25) is 10.0 Å². The van der Waals surface area contributed by atoms with Crippen LogP contribution in [0.5, 0.6) is 0 Å². The highest BCUT2D eigenvalue weighted by Crippen LogP contribution is 2.24. The molecule has 0 atom stereocenters. The lowest BCUT2D eigenvalue weighted by atomic mass is 10.0. The van der Waals surface area contributed by atoms with Crippen molar-refractivity contribution < 1.29 is 8.42 Å². The normalized spacial score (nSPS) is 11.6. The van der Waals surface area contributed by atoms with E-state index in [4.69, 9.17) is 5.26 Å². The van der Waals surface area contributed by atoms with Crippen molar-refractivity contribution in [1.82, 2.24) is 4.31 Å². The minimum Gasteiger partial charge on any atom is -0.207 e. The molecule has 0 amide bonds. The summed E-state index contributed by atoms with van der Waals surface area (Å²) >= 11 is 0. The van der Waals surface area contributed by atoms with Crippen LogP contribution in [-0.4, -0.2) is 26.8 Å². The topological polar surface area (TPSA) is 61.2 Å². The summed E-state index contributed by atoms with van der Waals surface area (Å²) in [5, 5.41) is 9.06. The molecule has 0 saturated carbocycles. The number of hydrogen-bond acceptors (Lipinski definition) is 3. The smallest absolute Gasteiger partial charge is 0.207 e. The van der Waals surface area contributed by atoms with E-state index in [0.29, 0.717) is 28.9 Å². The van der Waals surface area contributed by atoms with Gasteiger partial charge in [-0.25, -0.2) is 12.7 Å². The maximum Gasteiger partial charge on any atom is 0.242 e.